The Balaban J connectivity index is 1.59. The second kappa shape index (κ2) is 5.34. The highest BCUT2D eigenvalue weighted by atomic mass is 79.9. The van der Waals surface area contributed by atoms with Crippen LogP contribution in [0, 0.1) is 11.8 Å². The molecule has 0 saturated heterocycles. The molecule has 0 aliphatic heterocycles. The van der Waals surface area contributed by atoms with Crippen LogP contribution in [-0.4, -0.2) is 6.54 Å². The second-order valence-corrected chi connectivity index (χ2v) is 7.04. The van der Waals surface area contributed by atoms with E-state index in [1.807, 2.05) is 0 Å². The summed E-state index contributed by atoms with van der Waals surface area (Å²) in [6.45, 7) is 3.60. The van der Waals surface area contributed by atoms with Crippen LogP contribution in [0.1, 0.15) is 49.8 Å². The summed E-state index contributed by atoms with van der Waals surface area (Å²) in [7, 11) is 0. The molecule has 1 aromatic carbocycles. The predicted molar refractivity (Wildman–Crippen MR) is 79.7 cm³/mol. The Kier molecular flexibility index (Phi) is 3.76. The third-order valence-electron chi connectivity index (χ3n) is 4.64. The van der Waals surface area contributed by atoms with E-state index < -0.39 is 0 Å². The summed E-state index contributed by atoms with van der Waals surface area (Å²) in [6, 6.07) is 7.36. The van der Waals surface area contributed by atoms with Gasteiger partial charge < -0.3 is 5.32 Å². The van der Waals surface area contributed by atoms with Crippen LogP contribution in [0.3, 0.4) is 0 Å². The SMILES string of the molecule is CC1CCC(CNC2CCc3cc(Br)ccc32)C1. The van der Waals surface area contributed by atoms with Gasteiger partial charge in [0.15, 0.2) is 0 Å². The number of nitrogens with one attached hydrogen (secondary N) is 1. The van der Waals surface area contributed by atoms with Crippen molar-refractivity contribution in [2.75, 3.05) is 6.54 Å². The normalized spacial score (nSPS) is 30.7. The molecule has 0 aromatic heterocycles. The van der Waals surface area contributed by atoms with Crippen molar-refractivity contribution in [3.63, 3.8) is 0 Å². The van der Waals surface area contributed by atoms with Gasteiger partial charge in [-0.1, -0.05) is 35.3 Å². The van der Waals surface area contributed by atoms with E-state index in [0.29, 0.717) is 6.04 Å². The van der Waals surface area contributed by atoms with E-state index in [2.05, 4.69) is 46.4 Å². The van der Waals surface area contributed by atoms with Crippen molar-refractivity contribution in [3.8, 4) is 0 Å². The van der Waals surface area contributed by atoms with E-state index in [4.69, 9.17) is 0 Å². The quantitative estimate of drug-likeness (QED) is 0.869. The van der Waals surface area contributed by atoms with Crippen LogP contribution >= 0.6 is 15.9 Å². The average Bonchev–Trinajstić information content (AvgIpc) is 2.92. The minimum atomic E-state index is 0.601. The summed E-state index contributed by atoms with van der Waals surface area (Å²) in [5.41, 5.74) is 3.06. The van der Waals surface area contributed by atoms with E-state index in [-0.39, 0.29) is 0 Å². The van der Waals surface area contributed by atoms with Crippen molar-refractivity contribution >= 4 is 15.9 Å². The number of benzene rings is 1. The maximum absolute atomic E-state index is 3.80. The summed E-state index contributed by atoms with van der Waals surface area (Å²) < 4.78 is 1.21. The molecular weight excluding hydrogens is 286 g/mol. The van der Waals surface area contributed by atoms with Gasteiger partial charge in [-0.3, -0.25) is 0 Å². The molecule has 1 nitrogen and oxygen atoms in total. The van der Waals surface area contributed by atoms with Crippen molar-refractivity contribution in [3.05, 3.63) is 33.8 Å². The van der Waals surface area contributed by atoms with Crippen LogP contribution in [0.5, 0.6) is 0 Å². The first kappa shape index (κ1) is 12.7. The van der Waals surface area contributed by atoms with E-state index >= 15 is 0 Å². The molecule has 0 bridgehead atoms. The van der Waals surface area contributed by atoms with Crippen LogP contribution < -0.4 is 5.32 Å². The van der Waals surface area contributed by atoms with Crippen LogP contribution in [0.4, 0.5) is 0 Å². The minimum absolute atomic E-state index is 0.601. The van der Waals surface area contributed by atoms with Gasteiger partial charge in [-0.05, 0) is 67.3 Å². The molecule has 1 N–H and O–H groups in total. The molecule has 1 saturated carbocycles. The average molecular weight is 308 g/mol. The van der Waals surface area contributed by atoms with Crippen molar-refractivity contribution in [2.45, 2.75) is 45.1 Å². The molecule has 0 spiro atoms. The summed E-state index contributed by atoms with van der Waals surface area (Å²) in [5.74, 6) is 1.86. The summed E-state index contributed by atoms with van der Waals surface area (Å²) in [5, 5.41) is 3.80. The Hall–Kier alpha value is -0.340. The lowest BCUT2D eigenvalue weighted by Gasteiger charge is -2.17. The smallest absolute Gasteiger partial charge is 0.0326 e. The standard InChI is InChI=1S/C16H22BrN/c1-11-2-3-12(8-11)10-18-16-7-4-13-9-14(17)5-6-15(13)16/h5-6,9,11-12,16,18H,2-4,7-8,10H2,1H3. The van der Waals surface area contributed by atoms with Crippen molar-refractivity contribution in [1.29, 1.82) is 0 Å². The van der Waals surface area contributed by atoms with Gasteiger partial charge in [-0.25, -0.2) is 0 Å². The lowest BCUT2D eigenvalue weighted by molar-refractivity contribution is 0.426. The molecule has 0 amide bonds. The highest BCUT2D eigenvalue weighted by Gasteiger charge is 2.25. The van der Waals surface area contributed by atoms with Crippen LogP contribution in [0.2, 0.25) is 0 Å². The summed E-state index contributed by atoms with van der Waals surface area (Å²) in [6.07, 6.45) is 6.78. The Morgan fingerprint density at radius 3 is 2.94 bits per heavy atom. The lowest BCUT2D eigenvalue weighted by atomic mass is 10.0. The molecule has 98 valence electrons. The molecule has 1 fully saturated rings. The van der Waals surface area contributed by atoms with Gasteiger partial charge in [0.05, 0.1) is 0 Å². The Morgan fingerprint density at radius 2 is 2.17 bits per heavy atom. The highest BCUT2D eigenvalue weighted by molar-refractivity contribution is 9.10. The fraction of sp³-hybridized carbons (Fsp3) is 0.625. The molecule has 1 aromatic rings. The maximum Gasteiger partial charge on any atom is 0.0326 e. The zero-order valence-electron chi connectivity index (χ0n) is 11.1. The molecular formula is C16H22BrN. The number of rotatable bonds is 3. The summed E-state index contributed by atoms with van der Waals surface area (Å²) >= 11 is 3.56. The Morgan fingerprint density at radius 1 is 1.28 bits per heavy atom. The molecule has 2 aliphatic carbocycles. The summed E-state index contributed by atoms with van der Waals surface area (Å²) in [4.78, 5) is 0. The van der Waals surface area contributed by atoms with Gasteiger partial charge in [-0.15, -0.1) is 0 Å². The van der Waals surface area contributed by atoms with Gasteiger partial charge in [-0.2, -0.15) is 0 Å². The number of aryl methyl sites for hydroxylation is 1. The Bertz CT molecular complexity index is 429. The zero-order valence-corrected chi connectivity index (χ0v) is 12.7. The fourth-order valence-electron chi connectivity index (χ4n) is 3.62. The molecule has 3 rings (SSSR count). The zero-order chi connectivity index (χ0) is 12.5. The number of fused-ring (bicyclic) bond motifs is 1. The van der Waals surface area contributed by atoms with Gasteiger partial charge >= 0.3 is 0 Å². The largest absolute Gasteiger partial charge is 0.310 e. The third kappa shape index (κ3) is 2.65. The first-order valence-electron chi connectivity index (χ1n) is 7.24. The van der Waals surface area contributed by atoms with Gasteiger partial charge in [0.1, 0.15) is 0 Å². The fourth-order valence-corrected chi connectivity index (χ4v) is 4.03. The molecule has 2 heteroatoms. The van der Waals surface area contributed by atoms with Crippen molar-refractivity contribution in [2.24, 2.45) is 11.8 Å². The van der Waals surface area contributed by atoms with Crippen LogP contribution in [0.15, 0.2) is 22.7 Å². The highest BCUT2D eigenvalue weighted by Crippen LogP contribution is 2.34. The molecule has 18 heavy (non-hydrogen) atoms. The molecule has 3 unspecified atom stereocenters. The number of halogens is 1. The topological polar surface area (TPSA) is 12.0 Å². The van der Waals surface area contributed by atoms with E-state index in [0.717, 1.165) is 11.8 Å². The number of hydrogen-bond donors (Lipinski definition) is 1. The van der Waals surface area contributed by atoms with Gasteiger partial charge in [0.25, 0.3) is 0 Å². The second-order valence-electron chi connectivity index (χ2n) is 6.13. The molecule has 2 aliphatic rings. The third-order valence-corrected chi connectivity index (χ3v) is 5.13. The van der Waals surface area contributed by atoms with Gasteiger partial charge in [0.2, 0.25) is 0 Å². The first-order valence-corrected chi connectivity index (χ1v) is 8.03. The molecule has 0 heterocycles. The minimum Gasteiger partial charge on any atom is -0.310 e. The molecule has 0 radical (unpaired) electrons. The molecule has 3 atom stereocenters. The monoisotopic (exact) mass is 307 g/mol. The van der Waals surface area contributed by atoms with Crippen molar-refractivity contribution < 1.29 is 0 Å². The van der Waals surface area contributed by atoms with Crippen LogP contribution in [0.25, 0.3) is 0 Å². The van der Waals surface area contributed by atoms with Gasteiger partial charge in [0, 0.05) is 10.5 Å². The van der Waals surface area contributed by atoms with Crippen molar-refractivity contribution in [1.82, 2.24) is 5.32 Å². The Labute approximate surface area is 118 Å². The predicted octanol–water partition coefficient (Wildman–Crippen LogP) is 4.46. The van der Waals surface area contributed by atoms with E-state index in [1.165, 1.54) is 54.2 Å². The lowest BCUT2D eigenvalue weighted by Crippen LogP contribution is -2.25. The van der Waals surface area contributed by atoms with Crippen LogP contribution in [-0.2, 0) is 6.42 Å². The maximum atomic E-state index is 3.80. The first-order chi connectivity index (χ1) is 8.72. The van der Waals surface area contributed by atoms with E-state index in [9.17, 15) is 0 Å². The number of hydrogen-bond acceptors (Lipinski definition) is 1. The van der Waals surface area contributed by atoms with E-state index in [1.54, 1.807) is 0 Å².